The second kappa shape index (κ2) is 9.20. The van der Waals surface area contributed by atoms with Crippen molar-refractivity contribution < 1.29 is 28.5 Å². The molecule has 0 bridgehead atoms. The number of esters is 1. The number of methoxy groups -OCH3 is 2. The summed E-state index contributed by atoms with van der Waals surface area (Å²) in [4.78, 5) is 31.3. The Kier molecular flexibility index (Phi) is 6.32. The maximum absolute atomic E-state index is 12.8. The SMILES string of the molecule is COC(=O)C1CC(Oc2cc(-n3cccn3)nc3cc(OC)ccc23)CN1C(=O)OC(C)(C)C. The lowest BCUT2D eigenvalue weighted by molar-refractivity contribution is -0.145. The molecule has 0 aliphatic carbocycles. The first-order chi connectivity index (χ1) is 16.2. The largest absolute Gasteiger partial charge is 0.497 e. The van der Waals surface area contributed by atoms with Crippen molar-refractivity contribution in [3.05, 3.63) is 42.7 Å². The molecule has 3 heterocycles. The van der Waals surface area contributed by atoms with Gasteiger partial charge in [-0.05, 0) is 39.0 Å². The molecular weight excluding hydrogens is 440 g/mol. The minimum Gasteiger partial charge on any atom is -0.497 e. The molecule has 4 rings (SSSR count). The molecule has 0 radical (unpaired) electrons. The van der Waals surface area contributed by atoms with Gasteiger partial charge >= 0.3 is 12.1 Å². The number of pyridine rings is 1. The summed E-state index contributed by atoms with van der Waals surface area (Å²) in [5.41, 5.74) is -0.0377. The molecule has 34 heavy (non-hydrogen) atoms. The van der Waals surface area contributed by atoms with E-state index < -0.39 is 29.8 Å². The number of fused-ring (bicyclic) bond motifs is 1. The molecule has 180 valence electrons. The van der Waals surface area contributed by atoms with Crippen LogP contribution in [0.2, 0.25) is 0 Å². The fraction of sp³-hybridized carbons (Fsp3) is 0.417. The van der Waals surface area contributed by atoms with Crippen molar-refractivity contribution in [3.8, 4) is 17.3 Å². The Morgan fingerprint density at radius 3 is 2.59 bits per heavy atom. The normalized spacial score (nSPS) is 18.1. The topological polar surface area (TPSA) is 105 Å². The van der Waals surface area contributed by atoms with Crippen LogP contribution in [-0.2, 0) is 14.3 Å². The van der Waals surface area contributed by atoms with E-state index in [4.69, 9.17) is 18.9 Å². The van der Waals surface area contributed by atoms with E-state index in [1.54, 1.807) is 57.1 Å². The lowest BCUT2D eigenvalue weighted by atomic mass is 10.1. The van der Waals surface area contributed by atoms with Crippen molar-refractivity contribution in [2.24, 2.45) is 0 Å². The minimum absolute atomic E-state index is 0.172. The van der Waals surface area contributed by atoms with Gasteiger partial charge in [0, 0.05) is 36.3 Å². The number of amides is 1. The van der Waals surface area contributed by atoms with Crippen LogP contribution in [0.4, 0.5) is 4.79 Å². The number of carbonyl (C=O) groups excluding carboxylic acids is 2. The van der Waals surface area contributed by atoms with Gasteiger partial charge in [0.15, 0.2) is 5.82 Å². The number of carbonyl (C=O) groups is 2. The van der Waals surface area contributed by atoms with Crippen LogP contribution in [0.15, 0.2) is 42.7 Å². The summed E-state index contributed by atoms with van der Waals surface area (Å²) >= 11 is 0. The number of benzene rings is 1. The molecule has 1 aromatic carbocycles. The Labute approximate surface area is 197 Å². The molecule has 10 nitrogen and oxygen atoms in total. The molecule has 10 heteroatoms. The smallest absolute Gasteiger partial charge is 0.411 e. The number of aromatic nitrogens is 3. The zero-order chi connectivity index (χ0) is 24.5. The number of hydrogen-bond donors (Lipinski definition) is 0. The van der Waals surface area contributed by atoms with Crippen LogP contribution in [-0.4, -0.2) is 70.2 Å². The van der Waals surface area contributed by atoms with Crippen molar-refractivity contribution in [2.45, 2.75) is 44.9 Å². The molecule has 0 saturated carbocycles. The fourth-order valence-electron chi connectivity index (χ4n) is 3.85. The Morgan fingerprint density at radius 2 is 1.94 bits per heavy atom. The molecule has 3 aromatic rings. The third-order valence-corrected chi connectivity index (χ3v) is 5.36. The average molecular weight is 469 g/mol. The van der Waals surface area contributed by atoms with E-state index in [0.29, 0.717) is 22.8 Å². The zero-order valence-electron chi connectivity index (χ0n) is 19.8. The summed E-state index contributed by atoms with van der Waals surface area (Å²) in [7, 11) is 2.89. The first-order valence-corrected chi connectivity index (χ1v) is 10.9. The molecular formula is C24H28N4O6. The van der Waals surface area contributed by atoms with Crippen molar-refractivity contribution in [2.75, 3.05) is 20.8 Å². The van der Waals surface area contributed by atoms with Crippen molar-refractivity contribution >= 4 is 23.0 Å². The van der Waals surface area contributed by atoms with Crippen LogP contribution in [0.3, 0.4) is 0 Å². The van der Waals surface area contributed by atoms with E-state index in [9.17, 15) is 9.59 Å². The number of likely N-dealkylation sites (tertiary alicyclic amines) is 1. The predicted molar refractivity (Wildman–Crippen MR) is 123 cm³/mol. The third-order valence-electron chi connectivity index (χ3n) is 5.36. The van der Waals surface area contributed by atoms with Gasteiger partial charge in [0.1, 0.15) is 29.2 Å². The Morgan fingerprint density at radius 1 is 1.15 bits per heavy atom. The standard InChI is InChI=1S/C24H28N4O6/c1-24(2,3)34-23(30)27-14-16(12-19(27)22(29)32-5)33-20-13-21(28-10-6-9-25-28)26-18-11-15(31-4)7-8-17(18)20/h6-11,13,16,19H,12,14H2,1-5H3. The minimum atomic E-state index is -0.802. The van der Waals surface area contributed by atoms with Crippen LogP contribution in [0.25, 0.3) is 16.7 Å². The first kappa shape index (κ1) is 23.3. The average Bonchev–Trinajstić information content (AvgIpc) is 3.47. The predicted octanol–water partition coefficient (Wildman–Crippen LogP) is 3.36. The van der Waals surface area contributed by atoms with E-state index >= 15 is 0 Å². The second-order valence-electron chi connectivity index (χ2n) is 8.96. The van der Waals surface area contributed by atoms with E-state index in [-0.39, 0.29) is 13.0 Å². The number of ether oxygens (including phenoxy) is 4. The van der Waals surface area contributed by atoms with E-state index in [1.165, 1.54) is 12.0 Å². The molecule has 2 atom stereocenters. The van der Waals surface area contributed by atoms with Crippen molar-refractivity contribution in [3.63, 3.8) is 0 Å². The highest BCUT2D eigenvalue weighted by molar-refractivity contribution is 5.87. The quantitative estimate of drug-likeness (QED) is 0.525. The highest BCUT2D eigenvalue weighted by atomic mass is 16.6. The molecule has 1 amide bonds. The van der Waals surface area contributed by atoms with Gasteiger partial charge in [0.05, 0.1) is 26.3 Å². The van der Waals surface area contributed by atoms with E-state index in [1.807, 2.05) is 18.2 Å². The molecule has 0 spiro atoms. The second-order valence-corrected chi connectivity index (χ2v) is 8.96. The third kappa shape index (κ3) is 4.90. The molecule has 0 N–H and O–H groups in total. The van der Waals surface area contributed by atoms with Crippen LogP contribution >= 0.6 is 0 Å². The maximum Gasteiger partial charge on any atom is 0.411 e. The van der Waals surface area contributed by atoms with Gasteiger partial charge < -0.3 is 18.9 Å². The van der Waals surface area contributed by atoms with E-state index in [2.05, 4.69) is 10.1 Å². The summed E-state index contributed by atoms with van der Waals surface area (Å²) in [5, 5.41) is 5.03. The molecule has 1 fully saturated rings. The summed E-state index contributed by atoms with van der Waals surface area (Å²) in [6.45, 7) is 5.49. The van der Waals surface area contributed by atoms with Gasteiger partial charge in [-0.2, -0.15) is 5.10 Å². The highest BCUT2D eigenvalue weighted by Crippen LogP contribution is 2.33. The summed E-state index contributed by atoms with van der Waals surface area (Å²) < 4.78 is 23.8. The van der Waals surface area contributed by atoms with Gasteiger partial charge in [-0.1, -0.05) is 0 Å². The van der Waals surface area contributed by atoms with E-state index in [0.717, 1.165) is 5.39 Å². The number of hydrogen-bond acceptors (Lipinski definition) is 8. The Balaban J connectivity index is 1.67. The van der Waals surface area contributed by atoms with Crippen molar-refractivity contribution in [1.82, 2.24) is 19.7 Å². The van der Waals surface area contributed by atoms with Gasteiger partial charge in [-0.3, -0.25) is 4.90 Å². The van der Waals surface area contributed by atoms with Crippen molar-refractivity contribution in [1.29, 1.82) is 0 Å². The van der Waals surface area contributed by atoms with Crippen LogP contribution < -0.4 is 9.47 Å². The molecule has 1 aliphatic heterocycles. The summed E-state index contributed by atoms with van der Waals surface area (Å²) in [6, 6.07) is 8.28. The molecule has 1 aliphatic rings. The van der Waals surface area contributed by atoms with Crippen LogP contribution in [0.5, 0.6) is 11.5 Å². The van der Waals surface area contributed by atoms with Gasteiger partial charge in [0.2, 0.25) is 0 Å². The molecule has 2 unspecified atom stereocenters. The highest BCUT2D eigenvalue weighted by Gasteiger charge is 2.43. The fourth-order valence-corrected chi connectivity index (χ4v) is 3.85. The van der Waals surface area contributed by atoms with Crippen LogP contribution in [0.1, 0.15) is 27.2 Å². The summed E-state index contributed by atoms with van der Waals surface area (Å²) in [6.07, 6.45) is 2.66. The maximum atomic E-state index is 12.8. The monoisotopic (exact) mass is 468 g/mol. The van der Waals surface area contributed by atoms with Gasteiger partial charge in [0.25, 0.3) is 0 Å². The summed E-state index contributed by atoms with van der Waals surface area (Å²) in [5.74, 6) is 1.26. The van der Waals surface area contributed by atoms with Gasteiger partial charge in [-0.25, -0.2) is 19.3 Å². The Hall–Kier alpha value is -3.82. The zero-order valence-corrected chi connectivity index (χ0v) is 19.8. The number of nitrogens with zero attached hydrogens (tertiary/aromatic N) is 4. The molecule has 2 aromatic heterocycles. The first-order valence-electron chi connectivity index (χ1n) is 10.9. The van der Waals surface area contributed by atoms with Gasteiger partial charge in [-0.15, -0.1) is 0 Å². The molecule has 1 saturated heterocycles. The lowest BCUT2D eigenvalue weighted by Crippen LogP contribution is -2.44. The number of rotatable bonds is 5. The van der Waals surface area contributed by atoms with Crippen LogP contribution in [0, 0.1) is 0 Å². The lowest BCUT2D eigenvalue weighted by Gasteiger charge is -2.27. The Bertz CT molecular complexity index is 1190.